The predicted octanol–water partition coefficient (Wildman–Crippen LogP) is 3.05. The fourth-order valence-corrected chi connectivity index (χ4v) is 1.64. The number of ether oxygens (including phenoxy) is 1. The Kier molecular flexibility index (Phi) is 2.53. The lowest BCUT2D eigenvalue weighted by Crippen LogP contribution is -2.07. The van der Waals surface area contributed by atoms with E-state index in [-0.39, 0.29) is 0 Å². The summed E-state index contributed by atoms with van der Waals surface area (Å²) in [7, 11) is 0. The minimum absolute atomic E-state index is 0.390. The Balaban J connectivity index is 1.86. The highest BCUT2D eigenvalue weighted by atomic mass is 16.5. The summed E-state index contributed by atoms with van der Waals surface area (Å²) >= 11 is 0. The number of hydrogen-bond acceptors (Lipinski definition) is 4. The second kappa shape index (κ2) is 4.33. The van der Waals surface area contributed by atoms with Crippen LogP contribution in [0.1, 0.15) is 10.4 Å². The first-order valence-corrected chi connectivity index (χ1v) is 5.43. The number of oxazole rings is 1. The third kappa shape index (κ3) is 1.96. The van der Waals surface area contributed by atoms with Gasteiger partial charge < -0.3 is 9.15 Å². The number of aromatic nitrogens is 1. The van der Waals surface area contributed by atoms with Gasteiger partial charge in [-0.05, 0) is 24.3 Å². The molecule has 0 radical (unpaired) electrons. The molecule has 0 atom stereocenters. The highest BCUT2D eigenvalue weighted by molar-refractivity contribution is 5.91. The molecule has 0 unspecified atom stereocenters. The molecule has 0 spiro atoms. The van der Waals surface area contributed by atoms with E-state index < -0.39 is 5.97 Å². The van der Waals surface area contributed by atoms with Crippen molar-refractivity contribution in [2.45, 2.75) is 0 Å². The Morgan fingerprint density at radius 1 is 1.11 bits per heavy atom. The Morgan fingerprint density at radius 3 is 2.78 bits per heavy atom. The zero-order valence-electron chi connectivity index (χ0n) is 9.37. The van der Waals surface area contributed by atoms with E-state index in [2.05, 4.69) is 4.98 Å². The van der Waals surface area contributed by atoms with Crippen molar-refractivity contribution in [1.82, 2.24) is 4.98 Å². The Morgan fingerprint density at radius 2 is 1.94 bits per heavy atom. The van der Waals surface area contributed by atoms with Gasteiger partial charge in [-0.3, -0.25) is 0 Å². The zero-order chi connectivity index (χ0) is 12.4. The normalized spacial score (nSPS) is 10.4. The van der Waals surface area contributed by atoms with Crippen molar-refractivity contribution in [3.8, 4) is 5.75 Å². The lowest BCUT2D eigenvalue weighted by Gasteiger charge is -2.03. The molecule has 0 aliphatic rings. The summed E-state index contributed by atoms with van der Waals surface area (Å²) in [5.41, 5.74) is 1.83. The molecule has 1 aromatic heterocycles. The third-order valence-corrected chi connectivity index (χ3v) is 2.52. The standard InChI is InChI=1S/C14H9NO3/c16-14(10-4-2-1-3-5-10)18-11-6-7-13-12(8-11)15-9-17-13/h1-9H. The van der Waals surface area contributed by atoms with Gasteiger partial charge in [0.05, 0.1) is 5.56 Å². The molecule has 0 aliphatic heterocycles. The van der Waals surface area contributed by atoms with E-state index in [9.17, 15) is 4.79 Å². The van der Waals surface area contributed by atoms with Gasteiger partial charge >= 0.3 is 5.97 Å². The maximum atomic E-state index is 11.8. The van der Waals surface area contributed by atoms with Crippen LogP contribution in [-0.4, -0.2) is 11.0 Å². The molecule has 0 aliphatic carbocycles. The SMILES string of the molecule is O=C(Oc1ccc2ocnc2c1)c1ccccc1. The van der Waals surface area contributed by atoms with Gasteiger partial charge in [-0.1, -0.05) is 18.2 Å². The van der Waals surface area contributed by atoms with Crippen molar-refractivity contribution < 1.29 is 13.9 Å². The smallest absolute Gasteiger partial charge is 0.343 e. The largest absolute Gasteiger partial charge is 0.443 e. The van der Waals surface area contributed by atoms with Gasteiger partial charge in [0.2, 0.25) is 0 Å². The van der Waals surface area contributed by atoms with Crippen molar-refractivity contribution in [2.24, 2.45) is 0 Å². The lowest BCUT2D eigenvalue weighted by atomic mass is 10.2. The van der Waals surface area contributed by atoms with Gasteiger partial charge in [0.1, 0.15) is 11.3 Å². The van der Waals surface area contributed by atoms with Crippen LogP contribution in [0.25, 0.3) is 11.1 Å². The third-order valence-electron chi connectivity index (χ3n) is 2.52. The van der Waals surface area contributed by atoms with Crippen molar-refractivity contribution >= 4 is 17.1 Å². The molecule has 88 valence electrons. The van der Waals surface area contributed by atoms with Crippen LogP contribution in [0.4, 0.5) is 0 Å². The number of carbonyl (C=O) groups excluding carboxylic acids is 1. The molecular weight excluding hydrogens is 230 g/mol. The van der Waals surface area contributed by atoms with Crippen LogP contribution in [0.2, 0.25) is 0 Å². The average Bonchev–Trinajstić information content (AvgIpc) is 2.87. The van der Waals surface area contributed by atoms with E-state index in [1.54, 1.807) is 42.5 Å². The molecule has 0 bridgehead atoms. The summed E-state index contributed by atoms with van der Waals surface area (Å²) in [5, 5.41) is 0. The number of fused-ring (bicyclic) bond motifs is 1. The minimum Gasteiger partial charge on any atom is -0.443 e. The average molecular weight is 239 g/mol. The van der Waals surface area contributed by atoms with Crippen LogP contribution in [0, 0.1) is 0 Å². The van der Waals surface area contributed by atoms with Crippen molar-refractivity contribution in [3.05, 3.63) is 60.5 Å². The van der Waals surface area contributed by atoms with E-state index >= 15 is 0 Å². The van der Waals surface area contributed by atoms with Gasteiger partial charge in [0.25, 0.3) is 0 Å². The van der Waals surface area contributed by atoms with Gasteiger partial charge in [-0.15, -0.1) is 0 Å². The maximum absolute atomic E-state index is 11.8. The molecule has 18 heavy (non-hydrogen) atoms. The van der Waals surface area contributed by atoms with E-state index in [0.29, 0.717) is 22.4 Å². The fourth-order valence-electron chi connectivity index (χ4n) is 1.64. The first-order chi connectivity index (χ1) is 8.83. The number of esters is 1. The summed E-state index contributed by atoms with van der Waals surface area (Å²) in [6.45, 7) is 0. The molecule has 2 aromatic carbocycles. The predicted molar refractivity (Wildman–Crippen MR) is 65.4 cm³/mol. The molecule has 4 nitrogen and oxygen atoms in total. The highest BCUT2D eigenvalue weighted by Crippen LogP contribution is 2.20. The summed E-state index contributed by atoms with van der Waals surface area (Å²) in [5.74, 6) is 0.0590. The molecular formula is C14H9NO3. The van der Waals surface area contributed by atoms with Crippen molar-refractivity contribution in [2.75, 3.05) is 0 Å². The van der Waals surface area contributed by atoms with E-state index in [1.807, 2.05) is 6.07 Å². The first-order valence-electron chi connectivity index (χ1n) is 5.43. The Labute approximate surface area is 103 Å². The molecule has 0 fully saturated rings. The number of hydrogen-bond donors (Lipinski definition) is 0. The minimum atomic E-state index is -0.390. The van der Waals surface area contributed by atoms with E-state index in [4.69, 9.17) is 9.15 Å². The van der Waals surface area contributed by atoms with E-state index in [0.717, 1.165) is 0 Å². The molecule has 4 heteroatoms. The number of carbonyl (C=O) groups is 1. The maximum Gasteiger partial charge on any atom is 0.343 e. The second-order valence-electron chi connectivity index (χ2n) is 3.74. The molecule has 1 heterocycles. The molecule has 3 rings (SSSR count). The quantitative estimate of drug-likeness (QED) is 0.509. The van der Waals surface area contributed by atoms with Gasteiger partial charge in [0, 0.05) is 6.07 Å². The summed E-state index contributed by atoms with van der Waals surface area (Å²) < 4.78 is 10.4. The van der Waals surface area contributed by atoms with Crippen LogP contribution in [0.3, 0.4) is 0 Å². The van der Waals surface area contributed by atoms with E-state index in [1.165, 1.54) is 6.39 Å². The monoisotopic (exact) mass is 239 g/mol. The molecule has 0 amide bonds. The molecule has 3 aromatic rings. The number of nitrogens with zero attached hydrogens (tertiary/aromatic N) is 1. The number of rotatable bonds is 2. The number of benzene rings is 2. The van der Waals surface area contributed by atoms with Gasteiger partial charge in [0.15, 0.2) is 12.0 Å². The Hall–Kier alpha value is -2.62. The topological polar surface area (TPSA) is 52.3 Å². The summed E-state index contributed by atoms with van der Waals surface area (Å²) in [6, 6.07) is 13.9. The van der Waals surface area contributed by atoms with Crippen LogP contribution < -0.4 is 4.74 Å². The fraction of sp³-hybridized carbons (Fsp3) is 0. The highest BCUT2D eigenvalue weighted by Gasteiger charge is 2.08. The van der Waals surface area contributed by atoms with Crippen LogP contribution in [0.15, 0.2) is 59.3 Å². The van der Waals surface area contributed by atoms with Crippen LogP contribution in [0.5, 0.6) is 5.75 Å². The van der Waals surface area contributed by atoms with Crippen molar-refractivity contribution in [1.29, 1.82) is 0 Å². The Bertz CT molecular complexity index is 688. The lowest BCUT2D eigenvalue weighted by molar-refractivity contribution is 0.0735. The van der Waals surface area contributed by atoms with Crippen molar-refractivity contribution in [3.63, 3.8) is 0 Å². The first kappa shape index (κ1) is 10.5. The summed E-state index contributed by atoms with van der Waals surface area (Å²) in [4.78, 5) is 15.8. The zero-order valence-corrected chi connectivity index (χ0v) is 9.37. The van der Waals surface area contributed by atoms with Gasteiger partial charge in [-0.25, -0.2) is 9.78 Å². The molecule has 0 saturated carbocycles. The second-order valence-corrected chi connectivity index (χ2v) is 3.74. The molecule has 0 N–H and O–H groups in total. The van der Waals surface area contributed by atoms with Crippen LogP contribution >= 0.6 is 0 Å². The summed E-state index contributed by atoms with van der Waals surface area (Å²) in [6.07, 6.45) is 1.35. The van der Waals surface area contributed by atoms with Crippen LogP contribution in [-0.2, 0) is 0 Å². The van der Waals surface area contributed by atoms with Gasteiger partial charge in [-0.2, -0.15) is 0 Å². The molecule has 0 saturated heterocycles.